The summed E-state index contributed by atoms with van der Waals surface area (Å²) in [4.78, 5) is 4.84. The van der Waals surface area contributed by atoms with Crippen LogP contribution in [0.2, 0.25) is 0 Å². The van der Waals surface area contributed by atoms with Crippen molar-refractivity contribution >= 4 is 0 Å². The standard InChI is InChI=1S/C35H28N4O/c1-3-13-33-31(11-1)35(32-12-2-4-14-34(32)40-33)27-9-5-7-25(17-27)19-36-21-29-15-16-30-22-37(24-39(30)38(29)23-36)20-26-8-6-10-28(35)18-26/h1-18,21-22H,19-20,23-24H2. The molecule has 5 aliphatic rings. The molecule has 0 unspecified atom stereocenters. The van der Waals surface area contributed by atoms with Crippen LogP contribution >= 0.6 is 0 Å². The maximum Gasteiger partial charge on any atom is 0.132 e. The number of nitrogens with zero attached hydrogens (tertiary/aromatic N) is 4. The monoisotopic (exact) mass is 520 g/mol. The van der Waals surface area contributed by atoms with Crippen molar-refractivity contribution in [3.8, 4) is 11.5 Å². The van der Waals surface area contributed by atoms with Gasteiger partial charge < -0.3 is 14.5 Å². The van der Waals surface area contributed by atoms with E-state index in [1.807, 2.05) is 0 Å². The zero-order chi connectivity index (χ0) is 26.3. The molecule has 0 aromatic heterocycles. The lowest BCUT2D eigenvalue weighted by molar-refractivity contribution is 0.0144. The third kappa shape index (κ3) is 3.03. The van der Waals surface area contributed by atoms with Gasteiger partial charge in [0, 0.05) is 36.6 Å². The van der Waals surface area contributed by atoms with E-state index in [-0.39, 0.29) is 0 Å². The summed E-state index contributed by atoms with van der Waals surface area (Å²) in [6.45, 7) is 3.36. The number of hydrogen-bond acceptors (Lipinski definition) is 5. The highest BCUT2D eigenvalue weighted by atomic mass is 16.5. The number of ether oxygens (including phenoxy) is 1. The van der Waals surface area contributed by atoms with Gasteiger partial charge in [0.25, 0.3) is 0 Å². The fraction of sp³-hybridized carbons (Fsp3) is 0.143. The topological polar surface area (TPSA) is 22.2 Å². The fourth-order valence-electron chi connectivity index (χ4n) is 7.21. The third-order valence-corrected chi connectivity index (χ3v) is 8.87. The van der Waals surface area contributed by atoms with Gasteiger partial charge >= 0.3 is 0 Å². The van der Waals surface area contributed by atoms with E-state index >= 15 is 0 Å². The third-order valence-electron chi connectivity index (χ3n) is 8.87. The van der Waals surface area contributed by atoms with Crippen LogP contribution in [-0.2, 0) is 18.5 Å². The molecular formula is C35H28N4O. The van der Waals surface area contributed by atoms with E-state index in [2.05, 4.69) is 141 Å². The average Bonchev–Trinajstić information content (AvgIpc) is 3.59. The number of allylic oxidation sites excluding steroid dienone is 2. The van der Waals surface area contributed by atoms with Crippen molar-refractivity contribution in [2.75, 3.05) is 13.3 Å². The number of hydrogen-bond donors (Lipinski definition) is 0. The molecule has 4 aromatic rings. The minimum absolute atomic E-state index is 0.511. The molecule has 1 spiro atoms. The van der Waals surface area contributed by atoms with Gasteiger partial charge in [-0.05, 0) is 46.5 Å². The van der Waals surface area contributed by atoms with Crippen LogP contribution in [0.3, 0.4) is 0 Å². The molecule has 0 fully saturated rings. The lowest BCUT2D eigenvalue weighted by Gasteiger charge is -2.42. The lowest BCUT2D eigenvalue weighted by atomic mass is 9.63. The van der Waals surface area contributed by atoms with Crippen LogP contribution in [0.5, 0.6) is 11.5 Å². The molecule has 9 rings (SSSR count). The first kappa shape index (κ1) is 22.0. The summed E-state index contributed by atoms with van der Waals surface area (Å²) in [6.07, 6.45) is 9.08. The van der Waals surface area contributed by atoms with E-state index in [9.17, 15) is 0 Å². The second kappa shape index (κ2) is 8.06. The molecule has 0 saturated carbocycles. The Balaban J connectivity index is 1.33. The van der Waals surface area contributed by atoms with Gasteiger partial charge in [-0.25, -0.2) is 0 Å². The Hall–Kier alpha value is -4.90. The average molecular weight is 521 g/mol. The first-order chi connectivity index (χ1) is 19.8. The second-order valence-corrected chi connectivity index (χ2v) is 11.3. The highest BCUT2D eigenvalue weighted by Gasteiger charge is 2.45. The smallest absolute Gasteiger partial charge is 0.132 e. The van der Waals surface area contributed by atoms with Crippen LogP contribution in [0.4, 0.5) is 0 Å². The summed E-state index contributed by atoms with van der Waals surface area (Å²) in [7, 11) is 0. The SMILES string of the molecule is C1=CC2=CN3Cc4cccc(c4)C4(c5cccc(c5)CN5C=C1N(C5)N2C3)c1ccccc1Oc1ccccc14. The van der Waals surface area contributed by atoms with Crippen LogP contribution in [-0.4, -0.2) is 33.2 Å². The van der Waals surface area contributed by atoms with Gasteiger partial charge in [0.2, 0.25) is 0 Å². The van der Waals surface area contributed by atoms with Crippen molar-refractivity contribution in [2.24, 2.45) is 0 Å². The summed E-state index contributed by atoms with van der Waals surface area (Å²) < 4.78 is 6.53. The molecule has 5 heterocycles. The largest absolute Gasteiger partial charge is 0.457 e. The zero-order valence-electron chi connectivity index (χ0n) is 22.1. The molecule has 5 nitrogen and oxygen atoms in total. The summed E-state index contributed by atoms with van der Waals surface area (Å²) in [5, 5.41) is 4.80. The van der Waals surface area contributed by atoms with Gasteiger partial charge in [-0.15, -0.1) is 0 Å². The van der Waals surface area contributed by atoms with Crippen molar-refractivity contribution in [3.05, 3.63) is 166 Å². The molecule has 0 saturated heterocycles. The number of hydrazine groups is 1. The van der Waals surface area contributed by atoms with Gasteiger partial charge in [-0.1, -0.05) is 84.9 Å². The maximum atomic E-state index is 6.53. The number of rotatable bonds is 0. The predicted octanol–water partition coefficient (Wildman–Crippen LogP) is 6.51. The molecule has 0 aliphatic carbocycles. The van der Waals surface area contributed by atoms with Crippen molar-refractivity contribution in [1.29, 1.82) is 0 Å². The minimum atomic E-state index is -0.511. The molecular weight excluding hydrogens is 492 g/mol. The Morgan fingerprint density at radius 3 is 1.57 bits per heavy atom. The number of benzene rings is 4. The van der Waals surface area contributed by atoms with E-state index in [1.165, 1.54) is 44.8 Å². The van der Waals surface area contributed by atoms with Gasteiger partial charge in [0.15, 0.2) is 0 Å². The van der Waals surface area contributed by atoms with E-state index in [0.717, 1.165) is 37.9 Å². The van der Waals surface area contributed by atoms with Gasteiger partial charge in [-0.2, -0.15) is 0 Å². The van der Waals surface area contributed by atoms with Crippen molar-refractivity contribution in [1.82, 2.24) is 19.8 Å². The minimum Gasteiger partial charge on any atom is -0.457 e. The first-order valence-electron chi connectivity index (χ1n) is 14.0. The van der Waals surface area contributed by atoms with Crippen molar-refractivity contribution in [2.45, 2.75) is 18.5 Å². The summed E-state index contributed by atoms with van der Waals surface area (Å²) in [5.41, 5.74) is 9.45. The van der Waals surface area contributed by atoms with Gasteiger partial charge in [0.1, 0.15) is 24.8 Å². The van der Waals surface area contributed by atoms with Crippen LogP contribution in [0, 0.1) is 0 Å². The van der Waals surface area contributed by atoms with Crippen LogP contribution in [0.25, 0.3) is 0 Å². The highest BCUT2D eigenvalue weighted by Crippen LogP contribution is 2.55. The lowest BCUT2D eigenvalue weighted by Crippen LogP contribution is -2.43. The Morgan fingerprint density at radius 1 is 0.550 bits per heavy atom. The van der Waals surface area contributed by atoms with E-state index < -0.39 is 5.41 Å². The van der Waals surface area contributed by atoms with E-state index in [0.29, 0.717) is 0 Å². The predicted molar refractivity (Wildman–Crippen MR) is 155 cm³/mol. The van der Waals surface area contributed by atoms with Crippen molar-refractivity contribution in [3.63, 3.8) is 0 Å². The fourth-order valence-corrected chi connectivity index (χ4v) is 7.21. The highest BCUT2D eigenvalue weighted by molar-refractivity contribution is 5.69. The Morgan fingerprint density at radius 2 is 1.05 bits per heavy atom. The van der Waals surface area contributed by atoms with Gasteiger partial charge in [-0.3, -0.25) is 10.0 Å². The summed E-state index contributed by atoms with van der Waals surface area (Å²) in [6, 6.07) is 35.5. The number of fused-ring (bicyclic) bond motifs is 12. The molecule has 5 heteroatoms. The van der Waals surface area contributed by atoms with Crippen molar-refractivity contribution < 1.29 is 4.74 Å². The Labute approximate surface area is 234 Å². The maximum absolute atomic E-state index is 6.53. The normalized spacial score (nSPS) is 19.0. The molecule has 0 radical (unpaired) electrons. The zero-order valence-corrected chi connectivity index (χ0v) is 22.1. The second-order valence-electron chi connectivity index (χ2n) is 11.3. The van der Waals surface area contributed by atoms with Crippen LogP contribution in [0.1, 0.15) is 33.4 Å². The number of para-hydroxylation sites is 2. The summed E-state index contributed by atoms with van der Waals surface area (Å²) in [5.74, 6) is 1.83. The molecule has 194 valence electrons. The quantitative estimate of drug-likeness (QED) is 0.232. The van der Waals surface area contributed by atoms with E-state index in [4.69, 9.17) is 4.74 Å². The Kier molecular flexibility index (Phi) is 4.43. The first-order valence-corrected chi connectivity index (χ1v) is 14.0. The van der Waals surface area contributed by atoms with E-state index in [1.54, 1.807) is 0 Å². The molecule has 0 amide bonds. The molecule has 0 N–H and O–H groups in total. The molecule has 40 heavy (non-hydrogen) atoms. The molecule has 0 atom stereocenters. The Bertz CT molecular complexity index is 1660. The van der Waals surface area contributed by atoms with Gasteiger partial charge in [0.05, 0.1) is 16.8 Å². The molecule has 5 aliphatic heterocycles. The van der Waals surface area contributed by atoms with Crippen LogP contribution in [0.15, 0.2) is 133 Å². The summed E-state index contributed by atoms with van der Waals surface area (Å²) >= 11 is 0. The van der Waals surface area contributed by atoms with Crippen LogP contribution < -0.4 is 4.74 Å². The molecule has 8 bridgehead atoms. The molecule has 4 aromatic carbocycles.